The minimum absolute atomic E-state index is 0.0221. The summed E-state index contributed by atoms with van der Waals surface area (Å²) < 4.78 is 0. The van der Waals surface area contributed by atoms with E-state index in [-0.39, 0.29) is 18.5 Å². The van der Waals surface area contributed by atoms with Gasteiger partial charge in [0.05, 0.1) is 0 Å². The number of carbonyl (C=O) groups is 1. The van der Waals surface area contributed by atoms with Gasteiger partial charge in [-0.1, -0.05) is 42.5 Å². The summed E-state index contributed by atoms with van der Waals surface area (Å²) in [5, 5.41) is 12.5. The van der Waals surface area contributed by atoms with Crippen LogP contribution in [0.15, 0.2) is 48.5 Å². The largest absolute Gasteiger partial charge is 0.307 e. The van der Waals surface area contributed by atoms with Crippen molar-refractivity contribution in [3.05, 3.63) is 59.7 Å². The van der Waals surface area contributed by atoms with Crippen molar-refractivity contribution in [2.45, 2.75) is 32.9 Å². The SMILES string of the molecule is Cc1ccccc1-c1nnn(CC(=O)N2c3ccccc3CC2C)n1. The van der Waals surface area contributed by atoms with Crippen molar-refractivity contribution in [1.29, 1.82) is 0 Å². The maximum absolute atomic E-state index is 12.8. The number of carbonyl (C=O) groups excluding carboxylic acids is 1. The Balaban J connectivity index is 1.56. The van der Waals surface area contributed by atoms with Crippen molar-refractivity contribution >= 4 is 11.6 Å². The number of nitrogens with zero attached hydrogens (tertiary/aromatic N) is 5. The lowest BCUT2D eigenvalue weighted by Crippen LogP contribution is -2.38. The molecule has 1 aliphatic rings. The fourth-order valence-corrected chi connectivity index (χ4v) is 3.38. The van der Waals surface area contributed by atoms with Crippen molar-refractivity contribution < 1.29 is 4.79 Å². The average Bonchev–Trinajstić information content (AvgIpc) is 3.18. The van der Waals surface area contributed by atoms with E-state index < -0.39 is 0 Å². The monoisotopic (exact) mass is 333 g/mol. The summed E-state index contributed by atoms with van der Waals surface area (Å²) in [6, 6.07) is 16.0. The zero-order valence-electron chi connectivity index (χ0n) is 14.3. The van der Waals surface area contributed by atoms with Gasteiger partial charge in [0.1, 0.15) is 6.54 Å². The topological polar surface area (TPSA) is 63.9 Å². The number of para-hydroxylation sites is 1. The van der Waals surface area contributed by atoms with Crippen LogP contribution in [0.2, 0.25) is 0 Å². The summed E-state index contributed by atoms with van der Waals surface area (Å²) in [7, 11) is 0. The molecule has 0 saturated carbocycles. The van der Waals surface area contributed by atoms with Crippen LogP contribution in [-0.2, 0) is 17.8 Å². The van der Waals surface area contributed by atoms with E-state index in [1.807, 2.05) is 54.3 Å². The number of anilines is 1. The molecule has 1 unspecified atom stereocenters. The number of hydrogen-bond acceptors (Lipinski definition) is 4. The van der Waals surface area contributed by atoms with Gasteiger partial charge in [-0.25, -0.2) is 0 Å². The first-order valence-corrected chi connectivity index (χ1v) is 8.37. The van der Waals surface area contributed by atoms with E-state index in [9.17, 15) is 4.79 Å². The molecule has 4 rings (SSSR count). The van der Waals surface area contributed by atoms with Crippen LogP contribution in [0.3, 0.4) is 0 Å². The molecule has 2 aromatic carbocycles. The smallest absolute Gasteiger partial charge is 0.250 e. The molecule has 1 atom stereocenters. The standard InChI is InChI=1S/C19H19N5O/c1-13-7-3-5-9-16(13)19-20-22-23(21-19)12-18(25)24-14(2)11-15-8-4-6-10-17(15)24/h3-10,14H,11-12H2,1-2H3. The molecule has 2 heterocycles. The Morgan fingerprint density at radius 3 is 2.76 bits per heavy atom. The third kappa shape index (κ3) is 2.80. The lowest BCUT2D eigenvalue weighted by molar-refractivity contribution is -0.119. The number of fused-ring (bicyclic) bond motifs is 1. The van der Waals surface area contributed by atoms with Crippen molar-refractivity contribution in [2.75, 3.05) is 4.90 Å². The zero-order valence-corrected chi connectivity index (χ0v) is 14.3. The molecule has 6 heteroatoms. The highest BCUT2D eigenvalue weighted by Crippen LogP contribution is 2.31. The van der Waals surface area contributed by atoms with Crippen LogP contribution < -0.4 is 4.90 Å². The molecule has 0 radical (unpaired) electrons. The lowest BCUT2D eigenvalue weighted by Gasteiger charge is -2.22. The molecule has 0 fully saturated rings. The number of amides is 1. The Kier molecular flexibility index (Phi) is 3.80. The van der Waals surface area contributed by atoms with E-state index in [0.717, 1.165) is 23.2 Å². The zero-order chi connectivity index (χ0) is 17.4. The first-order chi connectivity index (χ1) is 12.1. The second-order valence-corrected chi connectivity index (χ2v) is 6.40. The molecule has 0 saturated heterocycles. The third-order valence-electron chi connectivity index (χ3n) is 4.59. The Morgan fingerprint density at radius 1 is 1.16 bits per heavy atom. The molecule has 25 heavy (non-hydrogen) atoms. The van der Waals surface area contributed by atoms with Crippen molar-refractivity contribution in [2.24, 2.45) is 0 Å². The Labute approximate surface area is 146 Å². The summed E-state index contributed by atoms with van der Waals surface area (Å²) in [4.78, 5) is 16.0. The highest BCUT2D eigenvalue weighted by molar-refractivity contribution is 5.95. The molecule has 1 amide bonds. The predicted molar refractivity (Wildman–Crippen MR) is 95.1 cm³/mol. The molecule has 0 N–H and O–H groups in total. The van der Waals surface area contributed by atoms with Crippen molar-refractivity contribution in [1.82, 2.24) is 20.2 Å². The van der Waals surface area contributed by atoms with Crippen molar-refractivity contribution in [3.8, 4) is 11.4 Å². The molecular weight excluding hydrogens is 314 g/mol. The van der Waals surface area contributed by atoms with E-state index in [4.69, 9.17) is 0 Å². The van der Waals surface area contributed by atoms with Crippen LogP contribution >= 0.6 is 0 Å². The Bertz CT molecular complexity index is 933. The van der Waals surface area contributed by atoms with Crippen LogP contribution in [-0.4, -0.2) is 32.2 Å². The van der Waals surface area contributed by atoms with E-state index in [1.54, 1.807) is 0 Å². The first-order valence-electron chi connectivity index (χ1n) is 8.37. The van der Waals surface area contributed by atoms with Gasteiger partial charge < -0.3 is 4.90 Å². The van der Waals surface area contributed by atoms with E-state index in [0.29, 0.717) is 5.82 Å². The Hall–Kier alpha value is -3.02. The molecular formula is C19H19N5O. The molecule has 0 spiro atoms. The lowest BCUT2D eigenvalue weighted by atomic mass is 10.1. The number of aromatic nitrogens is 4. The van der Waals surface area contributed by atoms with Crippen molar-refractivity contribution in [3.63, 3.8) is 0 Å². The normalized spacial score (nSPS) is 16.1. The highest BCUT2D eigenvalue weighted by atomic mass is 16.2. The maximum atomic E-state index is 12.8. The summed E-state index contributed by atoms with van der Waals surface area (Å²) in [6.45, 7) is 4.15. The van der Waals surface area contributed by atoms with Gasteiger partial charge in [0.25, 0.3) is 5.91 Å². The highest BCUT2D eigenvalue weighted by Gasteiger charge is 2.30. The number of tetrazole rings is 1. The second-order valence-electron chi connectivity index (χ2n) is 6.40. The fraction of sp³-hybridized carbons (Fsp3) is 0.263. The number of hydrogen-bond donors (Lipinski definition) is 0. The predicted octanol–water partition coefficient (Wildman–Crippen LogP) is 2.63. The van der Waals surface area contributed by atoms with Gasteiger partial charge in [-0.05, 0) is 42.7 Å². The molecule has 1 aromatic heterocycles. The van der Waals surface area contributed by atoms with Crippen LogP contribution in [0.25, 0.3) is 11.4 Å². The van der Waals surface area contributed by atoms with E-state index in [2.05, 4.69) is 28.4 Å². The van der Waals surface area contributed by atoms with Crippen LogP contribution in [0.1, 0.15) is 18.1 Å². The molecule has 1 aliphatic heterocycles. The fourth-order valence-electron chi connectivity index (χ4n) is 3.38. The summed E-state index contributed by atoms with van der Waals surface area (Å²) in [5.41, 5.74) is 4.20. The van der Waals surface area contributed by atoms with E-state index >= 15 is 0 Å². The van der Waals surface area contributed by atoms with Gasteiger partial charge in [-0.3, -0.25) is 4.79 Å². The maximum Gasteiger partial charge on any atom is 0.250 e. The molecule has 3 aromatic rings. The van der Waals surface area contributed by atoms with E-state index in [1.165, 1.54) is 10.4 Å². The van der Waals surface area contributed by atoms with Crippen LogP contribution in [0.4, 0.5) is 5.69 Å². The van der Waals surface area contributed by atoms with Gasteiger partial charge in [-0.2, -0.15) is 4.80 Å². The number of aryl methyl sites for hydroxylation is 1. The van der Waals surface area contributed by atoms with Gasteiger partial charge in [0.2, 0.25) is 5.82 Å². The van der Waals surface area contributed by atoms with Crippen LogP contribution in [0.5, 0.6) is 0 Å². The third-order valence-corrected chi connectivity index (χ3v) is 4.59. The minimum atomic E-state index is -0.0221. The number of benzene rings is 2. The molecule has 0 bridgehead atoms. The average molecular weight is 333 g/mol. The Morgan fingerprint density at radius 2 is 1.92 bits per heavy atom. The van der Waals surface area contributed by atoms with Gasteiger partial charge in [-0.15, -0.1) is 10.2 Å². The quantitative estimate of drug-likeness (QED) is 0.739. The molecule has 126 valence electrons. The van der Waals surface area contributed by atoms with Gasteiger partial charge >= 0.3 is 0 Å². The summed E-state index contributed by atoms with van der Waals surface area (Å²) >= 11 is 0. The number of rotatable bonds is 3. The first kappa shape index (κ1) is 15.5. The molecule has 0 aliphatic carbocycles. The molecule has 6 nitrogen and oxygen atoms in total. The van der Waals surface area contributed by atoms with Gasteiger partial charge in [0.15, 0.2) is 0 Å². The van der Waals surface area contributed by atoms with Gasteiger partial charge in [0, 0.05) is 17.3 Å². The minimum Gasteiger partial charge on any atom is -0.307 e. The van der Waals surface area contributed by atoms with Crippen LogP contribution in [0, 0.1) is 6.92 Å². The summed E-state index contributed by atoms with van der Waals surface area (Å²) in [5.74, 6) is 0.520. The summed E-state index contributed by atoms with van der Waals surface area (Å²) in [6.07, 6.45) is 0.876. The second kappa shape index (κ2) is 6.12.